The Bertz CT molecular complexity index is 831. The summed E-state index contributed by atoms with van der Waals surface area (Å²) >= 11 is 0. The van der Waals surface area contributed by atoms with Crippen molar-refractivity contribution in [3.63, 3.8) is 0 Å². The molecule has 110 valence electrons. The number of benzene rings is 2. The fraction of sp³-hybridized carbons (Fsp3) is 0.111. The fourth-order valence-corrected chi connectivity index (χ4v) is 2.90. The van der Waals surface area contributed by atoms with Crippen LogP contribution in [0.1, 0.15) is 27.0 Å². The van der Waals surface area contributed by atoms with Crippen LogP contribution in [0.3, 0.4) is 0 Å². The maximum Gasteiger partial charge on any atom is 0.337 e. The molecule has 0 unspecified atom stereocenters. The van der Waals surface area contributed by atoms with Crippen LogP contribution in [0.2, 0.25) is 0 Å². The lowest BCUT2D eigenvalue weighted by Crippen LogP contribution is -2.01. The van der Waals surface area contributed by atoms with Gasteiger partial charge in [-0.15, -0.1) is 0 Å². The minimum atomic E-state index is -1.02. The van der Waals surface area contributed by atoms with Gasteiger partial charge in [0.2, 0.25) is 0 Å². The first-order valence-corrected chi connectivity index (χ1v) is 6.80. The number of carbonyl (C=O) groups excluding carboxylic acids is 1. The van der Waals surface area contributed by atoms with E-state index in [0.717, 1.165) is 27.8 Å². The van der Waals surface area contributed by atoms with Gasteiger partial charge in [0.05, 0.1) is 12.7 Å². The monoisotopic (exact) mass is 294 g/mol. The van der Waals surface area contributed by atoms with Crippen LogP contribution >= 0.6 is 0 Å². The van der Waals surface area contributed by atoms with Gasteiger partial charge in [-0.1, -0.05) is 24.3 Å². The highest BCUT2D eigenvalue weighted by molar-refractivity contribution is 6.08. The van der Waals surface area contributed by atoms with Crippen molar-refractivity contribution in [3.8, 4) is 11.1 Å². The van der Waals surface area contributed by atoms with Crippen molar-refractivity contribution >= 4 is 17.5 Å². The summed E-state index contributed by atoms with van der Waals surface area (Å²) in [6.45, 7) is 1.99. The van der Waals surface area contributed by atoms with Crippen LogP contribution in [0.4, 0.5) is 0 Å². The number of carboxylic acids is 1. The third-order valence-electron chi connectivity index (χ3n) is 3.83. The van der Waals surface area contributed by atoms with E-state index < -0.39 is 11.9 Å². The lowest BCUT2D eigenvalue weighted by molar-refractivity contribution is -0.131. The van der Waals surface area contributed by atoms with Crippen LogP contribution < -0.4 is 0 Å². The van der Waals surface area contributed by atoms with Crippen LogP contribution in [-0.4, -0.2) is 24.2 Å². The minimum Gasteiger partial charge on any atom is -0.478 e. The molecule has 0 saturated heterocycles. The number of carboxylic acid groups (broad SMARTS) is 1. The molecule has 0 radical (unpaired) electrons. The van der Waals surface area contributed by atoms with Gasteiger partial charge < -0.3 is 9.84 Å². The maximum atomic E-state index is 11.7. The zero-order valence-electron chi connectivity index (χ0n) is 12.2. The second kappa shape index (κ2) is 5.15. The summed E-state index contributed by atoms with van der Waals surface area (Å²) in [4.78, 5) is 22.9. The Morgan fingerprint density at radius 3 is 2.55 bits per heavy atom. The standard InChI is InChI=1S/C18H14O4/c1-10-4-3-5-12-15(9-16(19)20)14-8-11(18(21)22-2)6-7-13(14)17(10)12/h3-9H,1-2H3,(H,19,20)/b15-9+. The largest absolute Gasteiger partial charge is 0.478 e. The van der Waals surface area contributed by atoms with E-state index in [2.05, 4.69) is 0 Å². The summed E-state index contributed by atoms with van der Waals surface area (Å²) in [7, 11) is 1.32. The van der Waals surface area contributed by atoms with Crippen LogP contribution in [0, 0.1) is 6.92 Å². The second-order valence-corrected chi connectivity index (χ2v) is 5.15. The molecular formula is C18H14O4. The number of esters is 1. The number of aliphatic carboxylic acids is 1. The highest BCUT2D eigenvalue weighted by Gasteiger charge is 2.26. The van der Waals surface area contributed by atoms with Crippen molar-refractivity contribution in [2.75, 3.05) is 7.11 Å². The van der Waals surface area contributed by atoms with Crippen LogP contribution in [0.5, 0.6) is 0 Å². The number of hydrogen-bond donors (Lipinski definition) is 1. The Morgan fingerprint density at radius 1 is 1.09 bits per heavy atom. The number of hydrogen-bond acceptors (Lipinski definition) is 3. The first-order chi connectivity index (χ1) is 10.5. The summed E-state index contributed by atoms with van der Waals surface area (Å²) in [5.74, 6) is -1.45. The van der Waals surface area contributed by atoms with Crippen LogP contribution in [-0.2, 0) is 9.53 Å². The lowest BCUT2D eigenvalue weighted by atomic mass is 10.00. The normalized spacial score (nSPS) is 13.6. The molecule has 1 N–H and O–H groups in total. The van der Waals surface area contributed by atoms with Gasteiger partial charge in [0, 0.05) is 6.08 Å². The van der Waals surface area contributed by atoms with E-state index in [1.807, 2.05) is 31.2 Å². The van der Waals surface area contributed by atoms with Gasteiger partial charge in [-0.25, -0.2) is 9.59 Å². The van der Waals surface area contributed by atoms with Gasteiger partial charge in [0.15, 0.2) is 0 Å². The fourth-order valence-electron chi connectivity index (χ4n) is 2.90. The number of ether oxygens (including phenoxy) is 1. The Hall–Kier alpha value is -2.88. The number of aryl methyl sites for hydroxylation is 1. The van der Waals surface area contributed by atoms with Crippen molar-refractivity contribution in [3.05, 3.63) is 64.7 Å². The van der Waals surface area contributed by atoms with Crippen molar-refractivity contribution in [1.29, 1.82) is 0 Å². The topological polar surface area (TPSA) is 63.6 Å². The Labute approximate surface area is 127 Å². The molecular weight excluding hydrogens is 280 g/mol. The average molecular weight is 294 g/mol. The van der Waals surface area contributed by atoms with Gasteiger partial charge >= 0.3 is 11.9 Å². The Balaban J connectivity index is 2.30. The predicted molar refractivity (Wildman–Crippen MR) is 82.7 cm³/mol. The molecule has 0 heterocycles. The average Bonchev–Trinajstić information content (AvgIpc) is 2.81. The molecule has 1 aliphatic carbocycles. The number of carbonyl (C=O) groups is 2. The Morgan fingerprint density at radius 2 is 1.86 bits per heavy atom. The van der Waals surface area contributed by atoms with Crippen LogP contribution in [0.25, 0.3) is 16.7 Å². The van der Waals surface area contributed by atoms with E-state index in [4.69, 9.17) is 9.84 Å². The van der Waals surface area contributed by atoms with E-state index in [0.29, 0.717) is 11.1 Å². The molecule has 0 fully saturated rings. The van der Waals surface area contributed by atoms with Gasteiger partial charge in [-0.05, 0) is 52.4 Å². The molecule has 3 rings (SSSR count). The third-order valence-corrected chi connectivity index (χ3v) is 3.83. The molecule has 0 aliphatic heterocycles. The van der Waals surface area contributed by atoms with E-state index in [9.17, 15) is 9.59 Å². The molecule has 4 heteroatoms. The van der Waals surface area contributed by atoms with Gasteiger partial charge in [-0.2, -0.15) is 0 Å². The molecule has 1 aliphatic rings. The van der Waals surface area contributed by atoms with E-state index >= 15 is 0 Å². The minimum absolute atomic E-state index is 0.406. The Kier molecular flexibility index (Phi) is 3.29. The third kappa shape index (κ3) is 2.09. The quantitative estimate of drug-likeness (QED) is 0.582. The smallest absolute Gasteiger partial charge is 0.337 e. The summed E-state index contributed by atoms with van der Waals surface area (Å²) < 4.78 is 4.74. The molecule has 0 spiro atoms. The highest BCUT2D eigenvalue weighted by atomic mass is 16.5. The molecule has 0 bridgehead atoms. The van der Waals surface area contributed by atoms with E-state index in [1.54, 1.807) is 12.1 Å². The second-order valence-electron chi connectivity index (χ2n) is 5.15. The zero-order valence-corrected chi connectivity index (χ0v) is 12.2. The van der Waals surface area contributed by atoms with Crippen molar-refractivity contribution in [2.24, 2.45) is 0 Å². The number of fused-ring (bicyclic) bond motifs is 3. The molecule has 2 aromatic rings. The zero-order chi connectivity index (χ0) is 15.9. The van der Waals surface area contributed by atoms with Crippen molar-refractivity contribution < 1.29 is 19.4 Å². The predicted octanol–water partition coefficient (Wildman–Crippen LogP) is 3.28. The van der Waals surface area contributed by atoms with E-state index in [-0.39, 0.29) is 0 Å². The van der Waals surface area contributed by atoms with Gasteiger partial charge in [-0.3, -0.25) is 0 Å². The maximum absolute atomic E-state index is 11.7. The summed E-state index contributed by atoms with van der Waals surface area (Å²) in [5, 5.41) is 9.15. The summed E-state index contributed by atoms with van der Waals surface area (Å²) in [6.07, 6.45) is 1.19. The van der Waals surface area contributed by atoms with Crippen molar-refractivity contribution in [2.45, 2.75) is 6.92 Å². The molecule has 0 aromatic heterocycles. The van der Waals surface area contributed by atoms with E-state index in [1.165, 1.54) is 13.2 Å². The molecule has 4 nitrogen and oxygen atoms in total. The first-order valence-electron chi connectivity index (χ1n) is 6.80. The molecule has 0 amide bonds. The number of methoxy groups -OCH3 is 1. The van der Waals surface area contributed by atoms with Gasteiger partial charge in [0.1, 0.15) is 0 Å². The van der Waals surface area contributed by atoms with Crippen LogP contribution in [0.15, 0.2) is 42.5 Å². The summed E-state index contributed by atoms with van der Waals surface area (Å²) in [6, 6.07) is 11.0. The molecule has 22 heavy (non-hydrogen) atoms. The molecule has 2 aromatic carbocycles. The first kappa shape index (κ1) is 14.1. The van der Waals surface area contributed by atoms with Crippen molar-refractivity contribution in [1.82, 2.24) is 0 Å². The van der Waals surface area contributed by atoms with Gasteiger partial charge in [0.25, 0.3) is 0 Å². The number of rotatable bonds is 2. The summed E-state index contributed by atoms with van der Waals surface area (Å²) in [5.41, 5.74) is 5.66. The molecule has 0 saturated carbocycles. The lowest BCUT2D eigenvalue weighted by Gasteiger charge is -2.05. The SMILES string of the molecule is COC(=O)c1ccc2c(c1)/C(=C/C(=O)O)c1cccc(C)c1-2. The molecule has 0 atom stereocenters. The highest BCUT2D eigenvalue weighted by Crippen LogP contribution is 2.46.